The average molecular weight is 271 g/mol. The third-order valence-corrected chi connectivity index (χ3v) is 4.93. The van der Waals surface area contributed by atoms with Gasteiger partial charge < -0.3 is 10.5 Å². The van der Waals surface area contributed by atoms with Crippen molar-refractivity contribution in [3.8, 4) is 5.75 Å². The Kier molecular flexibility index (Phi) is 5.16. The van der Waals surface area contributed by atoms with Crippen molar-refractivity contribution in [3.63, 3.8) is 0 Å². The van der Waals surface area contributed by atoms with Gasteiger partial charge in [0.25, 0.3) is 0 Å². The van der Waals surface area contributed by atoms with Gasteiger partial charge in [-0.2, -0.15) is 0 Å². The van der Waals surface area contributed by atoms with E-state index in [1.807, 2.05) is 19.1 Å². The zero-order valence-electron chi connectivity index (χ0n) is 11.1. The molecular weight excluding hydrogens is 250 g/mol. The lowest BCUT2D eigenvalue weighted by molar-refractivity contribution is 0.340. The van der Waals surface area contributed by atoms with Crippen molar-refractivity contribution in [1.82, 2.24) is 0 Å². The van der Waals surface area contributed by atoms with Crippen molar-refractivity contribution >= 4 is 9.84 Å². The standard InChI is InChI=1S/C13H21NO3S/c1-10(2)18(15,16)9-8-17-13-6-4-12(5-7-13)11(3)14/h4-7,10-11H,8-9,14H2,1-3H3. The van der Waals surface area contributed by atoms with Crippen LogP contribution >= 0.6 is 0 Å². The van der Waals surface area contributed by atoms with Crippen LogP contribution in [0.25, 0.3) is 0 Å². The van der Waals surface area contributed by atoms with Crippen LogP contribution < -0.4 is 10.5 Å². The Morgan fingerprint density at radius 2 is 1.72 bits per heavy atom. The lowest BCUT2D eigenvalue weighted by Crippen LogP contribution is -2.22. The molecule has 0 saturated carbocycles. The summed E-state index contributed by atoms with van der Waals surface area (Å²) in [6, 6.07) is 7.37. The maximum absolute atomic E-state index is 11.6. The quantitative estimate of drug-likeness (QED) is 0.858. The molecule has 5 heteroatoms. The monoisotopic (exact) mass is 271 g/mol. The minimum atomic E-state index is -3.03. The predicted molar refractivity (Wildman–Crippen MR) is 73.5 cm³/mol. The summed E-state index contributed by atoms with van der Waals surface area (Å²) in [4.78, 5) is 0. The molecule has 0 radical (unpaired) electrons. The second-order valence-corrected chi connectivity index (χ2v) is 7.30. The number of ether oxygens (including phenoxy) is 1. The van der Waals surface area contributed by atoms with Crippen LogP contribution in [-0.4, -0.2) is 26.0 Å². The van der Waals surface area contributed by atoms with Crippen LogP contribution in [0.1, 0.15) is 32.4 Å². The van der Waals surface area contributed by atoms with E-state index in [0.29, 0.717) is 5.75 Å². The number of nitrogens with two attached hydrogens (primary N) is 1. The van der Waals surface area contributed by atoms with Gasteiger partial charge in [-0.05, 0) is 38.5 Å². The summed E-state index contributed by atoms with van der Waals surface area (Å²) in [5.41, 5.74) is 6.76. The van der Waals surface area contributed by atoms with Gasteiger partial charge in [0.1, 0.15) is 12.4 Å². The summed E-state index contributed by atoms with van der Waals surface area (Å²) in [5.74, 6) is 0.707. The Hall–Kier alpha value is -1.07. The zero-order chi connectivity index (χ0) is 13.8. The molecule has 102 valence electrons. The molecule has 0 aliphatic rings. The highest BCUT2D eigenvalue weighted by molar-refractivity contribution is 7.91. The lowest BCUT2D eigenvalue weighted by atomic mass is 10.1. The van der Waals surface area contributed by atoms with Gasteiger partial charge in [-0.25, -0.2) is 8.42 Å². The second kappa shape index (κ2) is 6.20. The van der Waals surface area contributed by atoms with Crippen LogP contribution in [0.4, 0.5) is 0 Å². The largest absolute Gasteiger partial charge is 0.493 e. The molecular formula is C13H21NO3S. The van der Waals surface area contributed by atoms with E-state index in [-0.39, 0.29) is 23.7 Å². The molecule has 1 atom stereocenters. The maximum atomic E-state index is 11.6. The van der Waals surface area contributed by atoms with Gasteiger partial charge in [-0.15, -0.1) is 0 Å². The molecule has 0 heterocycles. The summed E-state index contributed by atoms with van der Waals surface area (Å²) in [7, 11) is -3.03. The molecule has 0 amide bonds. The fourth-order valence-corrected chi connectivity index (χ4v) is 2.17. The first-order valence-corrected chi connectivity index (χ1v) is 7.74. The number of rotatable bonds is 6. The van der Waals surface area contributed by atoms with E-state index in [0.717, 1.165) is 5.56 Å². The predicted octanol–water partition coefficient (Wildman–Crippen LogP) is 1.91. The smallest absolute Gasteiger partial charge is 0.155 e. The highest BCUT2D eigenvalue weighted by atomic mass is 32.2. The summed E-state index contributed by atoms with van der Waals surface area (Å²) in [5, 5.41) is -0.360. The Morgan fingerprint density at radius 1 is 1.17 bits per heavy atom. The van der Waals surface area contributed by atoms with Crippen LogP contribution in [0.3, 0.4) is 0 Å². The van der Waals surface area contributed by atoms with E-state index in [1.54, 1.807) is 26.0 Å². The molecule has 0 aliphatic carbocycles. The SMILES string of the molecule is CC(N)c1ccc(OCCS(=O)(=O)C(C)C)cc1. The topological polar surface area (TPSA) is 69.4 Å². The fraction of sp³-hybridized carbons (Fsp3) is 0.538. The van der Waals surface area contributed by atoms with E-state index in [9.17, 15) is 8.42 Å². The highest BCUT2D eigenvalue weighted by Crippen LogP contribution is 2.16. The molecule has 0 saturated heterocycles. The number of sulfone groups is 1. The molecule has 0 spiro atoms. The van der Waals surface area contributed by atoms with E-state index >= 15 is 0 Å². The molecule has 4 nitrogen and oxygen atoms in total. The van der Waals surface area contributed by atoms with Crippen molar-refractivity contribution in [1.29, 1.82) is 0 Å². The molecule has 2 N–H and O–H groups in total. The summed E-state index contributed by atoms with van der Waals surface area (Å²) in [6.07, 6.45) is 0. The molecule has 1 aromatic rings. The molecule has 1 aromatic carbocycles. The number of benzene rings is 1. The molecule has 1 rings (SSSR count). The minimum Gasteiger partial charge on any atom is -0.493 e. The first kappa shape index (κ1) is 15.0. The van der Waals surface area contributed by atoms with Gasteiger partial charge in [0.2, 0.25) is 0 Å². The van der Waals surface area contributed by atoms with Crippen LogP contribution in [-0.2, 0) is 9.84 Å². The first-order valence-electron chi connectivity index (χ1n) is 6.03. The van der Waals surface area contributed by atoms with E-state index < -0.39 is 9.84 Å². The van der Waals surface area contributed by atoms with E-state index in [4.69, 9.17) is 10.5 Å². The van der Waals surface area contributed by atoms with Gasteiger partial charge in [0.05, 0.1) is 11.0 Å². The normalized spacial score (nSPS) is 13.6. The van der Waals surface area contributed by atoms with Crippen molar-refractivity contribution < 1.29 is 13.2 Å². The Bertz CT molecular complexity index is 464. The van der Waals surface area contributed by atoms with Crippen molar-refractivity contribution in [2.75, 3.05) is 12.4 Å². The van der Waals surface area contributed by atoms with Gasteiger partial charge in [-0.1, -0.05) is 12.1 Å². The van der Waals surface area contributed by atoms with Gasteiger partial charge >= 0.3 is 0 Å². The summed E-state index contributed by atoms with van der Waals surface area (Å²) >= 11 is 0. The highest BCUT2D eigenvalue weighted by Gasteiger charge is 2.15. The van der Waals surface area contributed by atoms with Crippen LogP contribution in [0.15, 0.2) is 24.3 Å². The van der Waals surface area contributed by atoms with Gasteiger partial charge in [-0.3, -0.25) is 0 Å². The third kappa shape index (κ3) is 4.31. The summed E-state index contributed by atoms with van der Waals surface area (Å²) in [6.45, 7) is 5.43. The minimum absolute atomic E-state index is 0.0135. The fourth-order valence-electron chi connectivity index (χ4n) is 1.38. The summed E-state index contributed by atoms with van der Waals surface area (Å²) < 4.78 is 28.5. The van der Waals surface area contributed by atoms with E-state index in [2.05, 4.69) is 0 Å². The lowest BCUT2D eigenvalue weighted by Gasteiger charge is -2.10. The molecule has 0 aliphatic heterocycles. The molecule has 0 aromatic heterocycles. The molecule has 0 fully saturated rings. The molecule has 1 unspecified atom stereocenters. The average Bonchev–Trinajstić information content (AvgIpc) is 2.29. The first-order chi connectivity index (χ1) is 8.33. The van der Waals surface area contributed by atoms with Crippen LogP contribution in [0.2, 0.25) is 0 Å². The number of hydrogen-bond acceptors (Lipinski definition) is 4. The van der Waals surface area contributed by atoms with Crippen molar-refractivity contribution in [2.45, 2.75) is 32.1 Å². The second-order valence-electron chi connectivity index (χ2n) is 4.62. The van der Waals surface area contributed by atoms with Crippen LogP contribution in [0, 0.1) is 0 Å². The number of hydrogen-bond donors (Lipinski definition) is 1. The van der Waals surface area contributed by atoms with E-state index in [1.165, 1.54) is 0 Å². The maximum Gasteiger partial charge on any atom is 0.155 e. The third-order valence-electron chi connectivity index (χ3n) is 2.76. The zero-order valence-corrected chi connectivity index (χ0v) is 11.9. The van der Waals surface area contributed by atoms with Crippen molar-refractivity contribution in [2.24, 2.45) is 5.73 Å². The Morgan fingerprint density at radius 3 is 2.17 bits per heavy atom. The van der Waals surface area contributed by atoms with Gasteiger partial charge in [0.15, 0.2) is 9.84 Å². The Balaban J connectivity index is 2.50. The van der Waals surface area contributed by atoms with Crippen LogP contribution in [0.5, 0.6) is 5.75 Å². The molecule has 0 bridgehead atoms. The Labute approximate surface area is 109 Å². The van der Waals surface area contributed by atoms with Crippen molar-refractivity contribution in [3.05, 3.63) is 29.8 Å². The van der Waals surface area contributed by atoms with Gasteiger partial charge in [0, 0.05) is 6.04 Å². The molecule has 18 heavy (non-hydrogen) atoms.